The Morgan fingerprint density at radius 3 is 2.19 bits per heavy atom. The fourth-order valence-corrected chi connectivity index (χ4v) is 7.54. The van der Waals surface area contributed by atoms with Gasteiger partial charge in [0, 0.05) is 0 Å². The van der Waals surface area contributed by atoms with E-state index in [0.717, 1.165) is 25.7 Å². The molecule has 0 bridgehead atoms. The molecular formula is C13H25O11P3. The molecular weight excluding hydrogens is 425 g/mol. The van der Waals surface area contributed by atoms with Crippen molar-refractivity contribution < 1.29 is 51.2 Å². The van der Waals surface area contributed by atoms with Gasteiger partial charge in [-0.1, -0.05) is 25.7 Å². The van der Waals surface area contributed by atoms with Crippen LogP contribution in [0.25, 0.3) is 0 Å². The summed E-state index contributed by atoms with van der Waals surface area (Å²) in [4.78, 5) is 35.7. The Morgan fingerprint density at radius 1 is 0.889 bits per heavy atom. The van der Waals surface area contributed by atoms with E-state index in [1.54, 1.807) is 0 Å². The molecule has 14 heteroatoms. The fraction of sp³-hybridized carbons (Fsp3) is 1.00. The van der Waals surface area contributed by atoms with Crippen molar-refractivity contribution in [3.63, 3.8) is 0 Å². The lowest BCUT2D eigenvalue weighted by Crippen LogP contribution is -2.40. The lowest BCUT2D eigenvalue weighted by Gasteiger charge is -2.41. The van der Waals surface area contributed by atoms with Crippen LogP contribution in [0, 0.1) is 11.8 Å². The SMILES string of the molecule is O=P(O)(O)OP(=O)(O)OP(=O)(O)OC[C@@H]1CCC2(CCCC2C2CCC2)O1. The maximum atomic E-state index is 11.8. The first-order valence-corrected chi connectivity index (χ1v) is 13.4. The van der Waals surface area contributed by atoms with Gasteiger partial charge in [0.25, 0.3) is 0 Å². The Kier molecular flexibility index (Phi) is 6.45. The van der Waals surface area contributed by atoms with Crippen molar-refractivity contribution in [2.75, 3.05) is 6.61 Å². The van der Waals surface area contributed by atoms with E-state index in [1.807, 2.05) is 0 Å². The van der Waals surface area contributed by atoms with Crippen LogP contribution in [0.3, 0.4) is 0 Å². The van der Waals surface area contributed by atoms with E-state index < -0.39 is 29.6 Å². The zero-order valence-electron chi connectivity index (χ0n) is 14.6. The maximum Gasteiger partial charge on any atom is 0.490 e. The number of phosphoric acid groups is 3. The largest absolute Gasteiger partial charge is 0.490 e. The van der Waals surface area contributed by atoms with Gasteiger partial charge < -0.3 is 24.3 Å². The van der Waals surface area contributed by atoms with Gasteiger partial charge >= 0.3 is 23.5 Å². The van der Waals surface area contributed by atoms with Crippen LogP contribution < -0.4 is 0 Å². The van der Waals surface area contributed by atoms with Crippen molar-refractivity contribution in [2.24, 2.45) is 11.8 Å². The third-order valence-electron chi connectivity index (χ3n) is 5.64. The van der Waals surface area contributed by atoms with Gasteiger partial charge in [-0.05, 0) is 37.5 Å². The molecule has 2 aliphatic carbocycles. The van der Waals surface area contributed by atoms with Crippen LogP contribution in [-0.2, 0) is 31.6 Å². The molecule has 1 aliphatic heterocycles. The Labute approximate surface area is 156 Å². The van der Waals surface area contributed by atoms with E-state index in [4.69, 9.17) is 23.9 Å². The number of rotatable bonds is 8. The molecule has 4 N–H and O–H groups in total. The molecule has 0 amide bonds. The summed E-state index contributed by atoms with van der Waals surface area (Å²) in [6.45, 7) is -0.344. The number of ether oxygens (including phenoxy) is 1. The Hall–Kier alpha value is 0.370. The number of hydrogen-bond acceptors (Lipinski definition) is 7. The molecule has 3 fully saturated rings. The summed E-state index contributed by atoms with van der Waals surface area (Å²) in [5.41, 5.74) is -0.227. The minimum Gasteiger partial charge on any atom is -0.369 e. The normalized spacial score (nSPS) is 36.4. The van der Waals surface area contributed by atoms with E-state index in [9.17, 15) is 18.6 Å². The van der Waals surface area contributed by atoms with Crippen molar-refractivity contribution in [2.45, 2.75) is 63.1 Å². The number of hydrogen-bond donors (Lipinski definition) is 4. The summed E-state index contributed by atoms with van der Waals surface area (Å²) in [6.07, 6.45) is 7.81. The first-order valence-electron chi connectivity index (χ1n) is 8.86. The summed E-state index contributed by atoms with van der Waals surface area (Å²) in [6, 6.07) is 0. The molecule has 1 spiro atoms. The van der Waals surface area contributed by atoms with E-state index in [1.165, 1.54) is 19.3 Å². The zero-order valence-corrected chi connectivity index (χ0v) is 17.3. The lowest BCUT2D eigenvalue weighted by atomic mass is 9.69. The first kappa shape index (κ1) is 22.1. The van der Waals surface area contributed by atoms with Crippen molar-refractivity contribution in [3.8, 4) is 0 Å². The smallest absolute Gasteiger partial charge is 0.369 e. The van der Waals surface area contributed by atoms with Crippen LogP contribution in [0.15, 0.2) is 0 Å². The second-order valence-electron chi connectivity index (χ2n) is 7.42. The molecule has 0 aromatic rings. The topological polar surface area (TPSA) is 169 Å². The molecule has 1 heterocycles. The zero-order chi connectivity index (χ0) is 19.9. The van der Waals surface area contributed by atoms with E-state index in [-0.39, 0.29) is 12.2 Å². The Morgan fingerprint density at radius 2 is 1.59 bits per heavy atom. The summed E-state index contributed by atoms with van der Waals surface area (Å²) in [7, 11) is -16.0. The highest BCUT2D eigenvalue weighted by Gasteiger charge is 2.52. The number of phosphoric ester groups is 1. The molecule has 3 aliphatic rings. The van der Waals surface area contributed by atoms with Crippen LogP contribution in [0.5, 0.6) is 0 Å². The summed E-state index contributed by atoms with van der Waals surface area (Å²) in [5, 5.41) is 0. The van der Waals surface area contributed by atoms with E-state index in [2.05, 4.69) is 8.62 Å². The average Bonchev–Trinajstić information content (AvgIpc) is 3.00. The van der Waals surface area contributed by atoms with Crippen LogP contribution >= 0.6 is 23.5 Å². The molecule has 11 nitrogen and oxygen atoms in total. The third-order valence-corrected chi connectivity index (χ3v) is 9.44. The van der Waals surface area contributed by atoms with Crippen molar-refractivity contribution in [1.29, 1.82) is 0 Å². The van der Waals surface area contributed by atoms with Crippen molar-refractivity contribution in [3.05, 3.63) is 0 Å². The van der Waals surface area contributed by atoms with Crippen LogP contribution in [-0.4, -0.2) is 37.9 Å². The molecule has 0 aromatic carbocycles. The fourth-order valence-electron chi connectivity index (χ4n) is 4.49. The van der Waals surface area contributed by atoms with Crippen molar-refractivity contribution >= 4 is 23.5 Å². The summed E-state index contributed by atoms with van der Waals surface area (Å²) in [5.74, 6) is 1.16. The molecule has 1 saturated heterocycles. The second-order valence-corrected chi connectivity index (χ2v) is 11.8. The molecule has 5 atom stereocenters. The molecule has 158 valence electrons. The predicted octanol–water partition coefficient (Wildman–Crippen LogP) is 2.85. The Balaban J connectivity index is 1.52. The third kappa shape index (κ3) is 5.71. The van der Waals surface area contributed by atoms with Gasteiger partial charge in [-0.2, -0.15) is 8.62 Å². The van der Waals surface area contributed by atoms with E-state index in [0.29, 0.717) is 18.3 Å². The second kappa shape index (κ2) is 7.89. The summed E-state index contributed by atoms with van der Waals surface area (Å²) < 4.78 is 52.0. The highest BCUT2D eigenvalue weighted by molar-refractivity contribution is 7.66. The van der Waals surface area contributed by atoms with Gasteiger partial charge in [0.15, 0.2) is 0 Å². The first-order chi connectivity index (χ1) is 12.4. The molecule has 3 rings (SSSR count). The molecule has 0 aromatic heterocycles. The standard InChI is InChI=1S/C13H25O11P3/c14-25(15,16)23-27(19,20)24-26(17,18)21-9-11-6-8-13(22-11)7-2-5-12(13)10-3-1-4-10/h10-12H,1-9H2,(H,17,18)(H,19,20)(H2,14,15,16)/t11-,12?,13?/m0/s1. The minimum absolute atomic E-state index is 0.227. The lowest BCUT2D eigenvalue weighted by molar-refractivity contribution is -0.0992. The molecule has 2 saturated carbocycles. The molecule has 0 radical (unpaired) electrons. The predicted molar refractivity (Wildman–Crippen MR) is 91.3 cm³/mol. The summed E-state index contributed by atoms with van der Waals surface area (Å²) >= 11 is 0. The van der Waals surface area contributed by atoms with Gasteiger partial charge in [0.1, 0.15) is 0 Å². The highest BCUT2D eigenvalue weighted by Crippen LogP contribution is 2.66. The van der Waals surface area contributed by atoms with Gasteiger partial charge in [-0.25, -0.2) is 13.7 Å². The van der Waals surface area contributed by atoms with Gasteiger partial charge in [0.2, 0.25) is 0 Å². The monoisotopic (exact) mass is 450 g/mol. The van der Waals surface area contributed by atoms with Crippen LogP contribution in [0.2, 0.25) is 0 Å². The van der Waals surface area contributed by atoms with Crippen LogP contribution in [0.4, 0.5) is 0 Å². The van der Waals surface area contributed by atoms with Gasteiger partial charge in [-0.15, -0.1) is 0 Å². The maximum absolute atomic E-state index is 11.8. The van der Waals surface area contributed by atoms with Gasteiger partial charge in [-0.3, -0.25) is 4.52 Å². The quantitative estimate of drug-likeness (QED) is 0.401. The average molecular weight is 450 g/mol. The van der Waals surface area contributed by atoms with Crippen molar-refractivity contribution in [1.82, 2.24) is 0 Å². The minimum atomic E-state index is -5.49. The highest BCUT2D eigenvalue weighted by atomic mass is 31.3. The van der Waals surface area contributed by atoms with Gasteiger partial charge in [0.05, 0.1) is 18.3 Å². The van der Waals surface area contributed by atoms with E-state index >= 15 is 0 Å². The Bertz CT molecular complexity index is 689. The van der Waals surface area contributed by atoms with Crippen LogP contribution in [0.1, 0.15) is 51.4 Å². The molecule has 4 unspecified atom stereocenters. The molecule has 27 heavy (non-hydrogen) atoms.